The fourth-order valence-electron chi connectivity index (χ4n) is 4.85. The van der Waals surface area contributed by atoms with Gasteiger partial charge in [0.1, 0.15) is 11.9 Å². The lowest BCUT2D eigenvalue weighted by molar-refractivity contribution is 0.243. The van der Waals surface area contributed by atoms with Crippen molar-refractivity contribution in [1.82, 2.24) is 5.32 Å². The van der Waals surface area contributed by atoms with Gasteiger partial charge in [-0.05, 0) is 61.5 Å². The average molecular weight is 357 g/mol. The molecular formula is C25H27NO. The van der Waals surface area contributed by atoms with E-state index in [9.17, 15) is 0 Å². The summed E-state index contributed by atoms with van der Waals surface area (Å²) in [5.74, 6) is 1.60. The second-order valence-electron chi connectivity index (χ2n) is 7.88. The Bertz CT molecular complexity index is 899. The van der Waals surface area contributed by atoms with E-state index in [1.165, 1.54) is 34.4 Å². The van der Waals surface area contributed by atoms with Gasteiger partial charge in [-0.15, -0.1) is 0 Å². The third-order valence-corrected chi connectivity index (χ3v) is 6.28. The molecule has 0 bridgehead atoms. The van der Waals surface area contributed by atoms with Crippen molar-refractivity contribution in [3.63, 3.8) is 0 Å². The molecule has 5 rings (SSSR count). The van der Waals surface area contributed by atoms with Crippen LogP contribution in [0.15, 0.2) is 71.9 Å². The smallest absolute Gasteiger partial charge is 0.133 e. The molecule has 2 nitrogen and oxygen atoms in total. The molecule has 2 aliphatic carbocycles. The van der Waals surface area contributed by atoms with Crippen LogP contribution in [-0.4, -0.2) is 12.1 Å². The van der Waals surface area contributed by atoms with Crippen molar-refractivity contribution in [2.75, 3.05) is 0 Å². The molecule has 1 N–H and O–H groups in total. The van der Waals surface area contributed by atoms with Gasteiger partial charge in [-0.1, -0.05) is 49.4 Å². The number of fused-ring (bicyclic) bond motifs is 3. The third-order valence-electron chi connectivity index (χ3n) is 6.28. The van der Waals surface area contributed by atoms with Crippen LogP contribution >= 0.6 is 0 Å². The number of dihydropyridines is 1. The number of ether oxygens (including phenoxy) is 1. The van der Waals surface area contributed by atoms with E-state index in [0.717, 1.165) is 31.4 Å². The van der Waals surface area contributed by atoms with Gasteiger partial charge >= 0.3 is 0 Å². The summed E-state index contributed by atoms with van der Waals surface area (Å²) in [4.78, 5) is 0. The number of hydrogen-bond acceptors (Lipinski definition) is 2. The summed E-state index contributed by atoms with van der Waals surface area (Å²) in [5.41, 5.74) is 6.69. The maximum Gasteiger partial charge on any atom is 0.133 e. The molecule has 0 saturated heterocycles. The van der Waals surface area contributed by atoms with E-state index in [-0.39, 0.29) is 6.10 Å². The molecule has 0 radical (unpaired) electrons. The molecule has 1 aromatic rings. The quantitative estimate of drug-likeness (QED) is 0.690. The number of nitrogens with one attached hydrogen (secondary N) is 1. The Morgan fingerprint density at radius 3 is 2.93 bits per heavy atom. The lowest BCUT2D eigenvalue weighted by Crippen LogP contribution is -2.32. The molecule has 0 saturated carbocycles. The molecule has 2 heterocycles. The summed E-state index contributed by atoms with van der Waals surface area (Å²) < 4.78 is 6.40. The van der Waals surface area contributed by atoms with Crippen molar-refractivity contribution >= 4 is 5.70 Å². The highest BCUT2D eigenvalue weighted by molar-refractivity contribution is 5.75. The molecule has 3 atom stereocenters. The molecule has 138 valence electrons. The predicted molar refractivity (Wildman–Crippen MR) is 112 cm³/mol. The van der Waals surface area contributed by atoms with E-state index in [0.29, 0.717) is 12.0 Å². The van der Waals surface area contributed by atoms with E-state index >= 15 is 0 Å². The Balaban J connectivity index is 1.51. The highest BCUT2D eigenvalue weighted by atomic mass is 16.5. The fraction of sp³-hybridized carbons (Fsp3) is 0.360. The first kappa shape index (κ1) is 16.7. The van der Waals surface area contributed by atoms with Crippen LogP contribution in [0, 0.1) is 0 Å². The van der Waals surface area contributed by atoms with Crippen LogP contribution < -0.4 is 10.1 Å². The first-order valence-corrected chi connectivity index (χ1v) is 10.4. The molecule has 0 amide bonds. The Morgan fingerprint density at radius 1 is 1.11 bits per heavy atom. The molecule has 0 spiro atoms. The molecule has 3 unspecified atom stereocenters. The Hall–Kier alpha value is -2.48. The number of benzene rings is 1. The maximum atomic E-state index is 6.40. The topological polar surface area (TPSA) is 21.3 Å². The SMILES string of the molecule is CCC1NC(c2cccc3c2OC2C=CCCC32)=CC=C1C1=CC=CCC1. The van der Waals surface area contributed by atoms with Gasteiger partial charge in [0.2, 0.25) is 0 Å². The summed E-state index contributed by atoms with van der Waals surface area (Å²) in [6, 6.07) is 7.01. The van der Waals surface area contributed by atoms with Crippen molar-refractivity contribution in [3.8, 4) is 5.75 Å². The van der Waals surface area contributed by atoms with Gasteiger partial charge in [0, 0.05) is 22.7 Å². The normalized spacial score (nSPS) is 28.3. The summed E-state index contributed by atoms with van der Waals surface area (Å²) in [6.45, 7) is 2.26. The average Bonchev–Trinajstić information content (AvgIpc) is 3.13. The van der Waals surface area contributed by atoms with Crippen LogP contribution in [-0.2, 0) is 0 Å². The van der Waals surface area contributed by atoms with Gasteiger partial charge in [-0.3, -0.25) is 0 Å². The van der Waals surface area contributed by atoms with Crippen LogP contribution in [0.25, 0.3) is 5.70 Å². The van der Waals surface area contributed by atoms with Crippen molar-refractivity contribution in [2.24, 2.45) is 0 Å². The van der Waals surface area contributed by atoms with Crippen molar-refractivity contribution in [1.29, 1.82) is 0 Å². The zero-order valence-electron chi connectivity index (χ0n) is 15.9. The van der Waals surface area contributed by atoms with Crippen LogP contribution in [0.3, 0.4) is 0 Å². The second kappa shape index (κ2) is 6.92. The molecule has 0 aromatic heterocycles. The Labute approximate surface area is 162 Å². The number of hydrogen-bond donors (Lipinski definition) is 1. The first-order valence-electron chi connectivity index (χ1n) is 10.4. The zero-order chi connectivity index (χ0) is 18.2. The highest BCUT2D eigenvalue weighted by Crippen LogP contribution is 2.46. The van der Waals surface area contributed by atoms with Gasteiger partial charge in [0.25, 0.3) is 0 Å². The van der Waals surface area contributed by atoms with E-state index in [1.807, 2.05) is 0 Å². The molecule has 2 aliphatic heterocycles. The van der Waals surface area contributed by atoms with E-state index in [2.05, 4.69) is 73.0 Å². The molecule has 1 aromatic carbocycles. The molecule has 0 fully saturated rings. The first-order chi connectivity index (χ1) is 13.3. The molecule has 2 heteroatoms. The van der Waals surface area contributed by atoms with Crippen LogP contribution in [0.1, 0.15) is 56.1 Å². The van der Waals surface area contributed by atoms with Gasteiger partial charge in [0.15, 0.2) is 0 Å². The third kappa shape index (κ3) is 2.88. The summed E-state index contributed by atoms with van der Waals surface area (Å²) in [6.07, 6.45) is 21.7. The lowest BCUT2D eigenvalue weighted by atomic mass is 9.85. The van der Waals surface area contributed by atoms with E-state index in [4.69, 9.17) is 4.74 Å². The van der Waals surface area contributed by atoms with Crippen LogP contribution in [0.5, 0.6) is 5.75 Å². The van der Waals surface area contributed by atoms with Gasteiger partial charge < -0.3 is 10.1 Å². The van der Waals surface area contributed by atoms with Gasteiger partial charge in [-0.2, -0.15) is 0 Å². The number of rotatable bonds is 3. The van der Waals surface area contributed by atoms with Gasteiger partial charge in [0.05, 0.1) is 6.04 Å². The summed E-state index contributed by atoms with van der Waals surface area (Å²) in [5, 5.41) is 3.81. The largest absolute Gasteiger partial charge is 0.485 e. The van der Waals surface area contributed by atoms with Crippen molar-refractivity contribution < 1.29 is 4.74 Å². The monoisotopic (exact) mass is 357 g/mol. The highest BCUT2D eigenvalue weighted by Gasteiger charge is 2.36. The fourth-order valence-corrected chi connectivity index (χ4v) is 4.85. The van der Waals surface area contributed by atoms with Crippen molar-refractivity contribution in [2.45, 2.75) is 57.1 Å². The maximum absolute atomic E-state index is 6.40. The number of allylic oxidation sites excluding steroid dienone is 6. The Morgan fingerprint density at radius 2 is 2.07 bits per heavy atom. The minimum absolute atomic E-state index is 0.214. The van der Waals surface area contributed by atoms with E-state index in [1.54, 1.807) is 0 Å². The predicted octanol–water partition coefficient (Wildman–Crippen LogP) is 5.81. The lowest BCUT2D eigenvalue weighted by Gasteiger charge is -2.29. The number of para-hydroxylation sites is 1. The van der Waals surface area contributed by atoms with Crippen LogP contribution in [0.4, 0.5) is 0 Å². The molecular weight excluding hydrogens is 330 g/mol. The summed E-state index contributed by atoms with van der Waals surface area (Å²) >= 11 is 0. The molecule has 27 heavy (non-hydrogen) atoms. The van der Waals surface area contributed by atoms with Crippen molar-refractivity contribution in [3.05, 3.63) is 83.0 Å². The van der Waals surface area contributed by atoms with Gasteiger partial charge in [-0.25, -0.2) is 0 Å². The summed E-state index contributed by atoms with van der Waals surface area (Å²) in [7, 11) is 0. The molecule has 4 aliphatic rings. The minimum atomic E-state index is 0.214. The second-order valence-corrected chi connectivity index (χ2v) is 7.88. The van der Waals surface area contributed by atoms with E-state index < -0.39 is 0 Å². The minimum Gasteiger partial charge on any atom is -0.485 e. The zero-order valence-corrected chi connectivity index (χ0v) is 15.9. The standard InChI is InChI=1S/C25H27NO/c1-2-22-18(17-9-4-3-5-10-17)15-16-23(26-22)21-13-8-12-20-19-11-6-7-14-24(19)27-25(20)21/h3-4,7-9,12-16,19,22,24,26H,2,5-6,10-11H2,1H3. The van der Waals surface area contributed by atoms with Crippen LogP contribution in [0.2, 0.25) is 0 Å². The Kier molecular flexibility index (Phi) is 4.27.